The smallest absolute Gasteiger partial charge is 0.226 e. The van der Waals surface area contributed by atoms with Crippen molar-refractivity contribution >= 4 is 28.5 Å². The van der Waals surface area contributed by atoms with Crippen LogP contribution in [0, 0.1) is 0 Å². The summed E-state index contributed by atoms with van der Waals surface area (Å²) in [7, 11) is 0. The van der Waals surface area contributed by atoms with Crippen LogP contribution in [0.3, 0.4) is 0 Å². The largest absolute Gasteiger partial charge is 0.307 e. The Morgan fingerprint density at radius 2 is 2.19 bits per heavy atom. The molecule has 0 saturated carbocycles. The second-order valence-electron chi connectivity index (χ2n) is 5.56. The Bertz CT molecular complexity index is 1140. The van der Waals surface area contributed by atoms with Gasteiger partial charge in [0.2, 0.25) is 11.1 Å². The van der Waals surface area contributed by atoms with E-state index in [4.69, 9.17) is 13.0 Å². The number of ketones is 1. The summed E-state index contributed by atoms with van der Waals surface area (Å²) in [6, 6.07) is 5.16. The molecular weight excluding hydrogens is 354 g/mol. The zero-order valence-corrected chi connectivity index (χ0v) is 14.6. The Morgan fingerprint density at radius 1 is 1.31 bits per heavy atom. The molecule has 0 amide bonds. The fraction of sp³-hybridized carbons (Fsp3) is 0.176. The number of imidazole rings is 1. The number of rotatable bonds is 5. The predicted octanol–water partition coefficient (Wildman–Crippen LogP) is 2.51. The van der Waals surface area contributed by atoms with Gasteiger partial charge in [0.05, 0.1) is 20.4 Å². The van der Waals surface area contributed by atoms with Gasteiger partial charge in [0.25, 0.3) is 0 Å². The number of halogens is 1. The SMILES string of the molecule is [2H]c1nn(-c2nc(Cl)nc3c2ncn3CC(=O)c2ccccn2)cc1CC. The van der Waals surface area contributed by atoms with E-state index in [1.807, 2.05) is 6.92 Å². The number of pyridine rings is 1. The molecule has 0 fully saturated rings. The highest BCUT2D eigenvalue weighted by Crippen LogP contribution is 2.20. The van der Waals surface area contributed by atoms with Gasteiger partial charge in [-0.1, -0.05) is 13.0 Å². The van der Waals surface area contributed by atoms with Crippen LogP contribution >= 0.6 is 11.6 Å². The number of hydrogen-bond acceptors (Lipinski definition) is 6. The average Bonchev–Trinajstić information content (AvgIpc) is 3.25. The number of aryl methyl sites for hydroxylation is 1. The van der Waals surface area contributed by atoms with Crippen molar-refractivity contribution < 1.29 is 6.17 Å². The highest BCUT2D eigenvalue weighted by Gasteiger charge is 2.17. The van der Waals surface area contributed by atoms with Crippen molar-refractivity contribution in [3.8, 4) is 5.82 Å². The van der Waals surface area contributed by atoms with Crippen molar-refractivity contribution in [3.05, 3.63) is 59.6 Å². The minimum absolute atomic E-state index is 0.00427. The van der Waals surface area contributed by atoms with Crippen LogP contribution in [-0.4, -0.2) is 40.1 Å². The molecule has 0 spiro atoms. The fourth-order valence-corrected chi connectivity index (χ4v) is 2.70. The molecule has 0 aliphatic rings. The van der Waals surface area contributed by atoms with Crippen LogP contribution < -0.4 is 0 Å². The molecule has 0 N–H and O–H groups in total. The molecule has 0 aliphatic carbocycles. The van der Waals surface area contributed by atoms with Gasteiger partial charge in [0.1, 0.15) is 5.69 Å². The molecule has 4 aromatic heterocycles. The third-order valence-electron chi connectivity index (χ3n) is 3.86. The third kappa shape index (κ3) is 2.95. The number of hydrogen-bond donors (Lipinski definition) is 0. The molecule has 8 nitrogen and oxygen atoms in total. The first kappa shape index (κ1) is 15.2. The van der Waals surface area contributed by atoms with E-state index in [9.17, 15) is 4.79 Å². The quantitative estimate of drug-likeness (QED) is 0.397. The van der Waals surface area contributed by atoms with E-state index in [-0.39, 0.29) is 23.8 Å². The summed E-state index contributed by atoms with van der Waals surface area (Å²) in [6.45, 7) is 1.96. The molecule has 0 unspecified atom stereocenters. The summed E-state index contributed by atoms with van der Waals surface area (Å²) in [5.41, 5.74) is 1.99. The normalized spacial score (nSPS) is 11.7. The van der Waals surface area contributed by atoms with Gasteiger partial charge in [0.15, 0.2) is 17.0 Å². The van der Waals surface area contributed by atoms with E-state index in [1.165, 1.54) is 11.0 Å². The highest BCUT2D eigenvalue weighted by molar-refractivity contribution is 6.28. The number of Topliss-reactive ketones (excluding diaryl/α,β-unsaturated/α-hetero) is 1. The van der Waals surface area contributed by atoms with Gasteiger partial charge in [-0.2, -0.15) is 15.1 Å². The molecule has 4 rings (SSSR count). The van der Waals surface area contributed by atoms with Crippen LogP contribution in [0.2, 0.25) is 5.28 Å². The molecule has 0 aromatic carbocycles. The van der Waals surface area contributed by atoms with Crippen molar-refractivity contribution in [1.82, 2.24) is 34.3 Å². The monoisotopic (exact) mass is 368 g/mol. The first-order valence-corrected chi connectivity index (χ1v) is 8.32. The van der Waals surface area contributed by atoms with Crippen molar-refractivity contribution in [2.75, 3.05) is 0 Å². The Labute approximate surface area is 154 Å². The van der Waals surface area contributed by atoms with Crippen molar-refractivity contribution in [1.29, 1.82) is 0 Å². The Balaban J connectivity index is 1.77. The van der Waals surface area contributed by atoms with Gasteiger partial charge >= 0.3 is 0 Å². The Kier molecular flexibility index (Phi) is 3.87. The number of nitrogens with zero attached hydrogens (tertiary/aromatic N) is 7. The number of carbonyl (C=O) groups is 1. The Morgan fingerprint density at radius 3 is 2.92 bits per heavy atom. The zero-order chi connectivity index (χ0) is 19.0. The van der Waals surface area contributed by atoms with E-state index in [0.29, 0.717) is 29.1 Å². The van der Waals surface area contributed by atoms with E-state index in [0.717, 1.165) is 5.56 Å². The summed E-state index contributed by atoms with van der Waals surface area (Å²) in [5, 5.41) is 4.17. The third-order valence-corrected chi connectivity index (χ3v) is 4.03. The van der Waals surface area contributed by atoms with Crippen LogP contribution in [0.15, 0.2) is 43.1 Å². The molecule has 0 aliphatic heterocycles. The lowest BCUT2D eigenvalue weighted by atomic mass is 10.2. The predicted molar refractivity (Wildman–Crippen MR) is 95.4 cm³/mol. The lowest BCUT2D eigenvalue weighted by molar-refractivity contribution is 0.0968. The molecular formula is C17H14ClN7O. The maximum absolute atomic E-state index is 12.5. The Hall–Kier alpha value is -3.13. The molecule has 0 saturated heterocycles. The van der Waals surface area contributed by atoms with Crippen molar-refractivity contribution in [2.24, 2.45) is 0 Å². The zero-order valence-electron chi connectivity index (χ0n) is 14.8. The molecule has 4 heterocycles. The van der Waals surface area contributed by atoms with Gasteiger partial charge in [-0.25, -0.2) is 9.67 Å². The molecule has 9 heteroatoms. The fourth-order valence-electron chi connectivity index (χ4n) is 2.54. The molecule has 0 bridgehead atoms. The molecule has 0 radical (unpaired) electrons. The van der Waals surface area contributed by atoms with Crippen molar-refractivity contribution in [3.63, 3.8) is 0 Å². The minimum Gasteiger partial charge on any atom is -0.307 e. The summed E-state index contributed by atoms with van der Waals surface area (Å²) in [6.07, 6.45) is 5.64. The van der Waals surface area contributed by atoms with Gasteiger partial charge in [-0.05, 0) is 35.7 Å². The van der Waals surface area contributed by atoms with Crippen LogP contribution in [-0.2, 0) is 13.0 Å². The van der Waals surface area contributed by atoms with Crippen molar-refractivity contribution in [2.45, 2.75) is 19.9 Å². The van der Waals surface area contributed by atoms with E-state index >= 15 is 0 Å². The lowest BCUT2D eigenvalue weighted by Gasteiger charge is -2.05. The maximum atomic E-state index is 12.5. The van der Waals surface area contributed by atoms with Crippen LogP contribution in [0.25, 0.3) is 17.0 Å². The number of fused-ring (bicyclic) bond motifs is 1. The van der Waals surface area contributed by atoms with Crippen LogP contribution in [0.5, 0.6) is 0 Å². The van der Waals surface area contributed by atoms with Gasteiger partial charge in [-0.15, -0.1) is 0 Å². The van der Waals surface area contributed by atoms with Gasteiger partial charge in [0, 0.05) is 12.4 Å². The van der Waals surface area contributed by atoms with E-state index in [2.05, 4.69) is 25.0 Å². The molecule has 0 atom stereocenters. The molecule has 130 valence electrons. The van der Waals surface area contributed by atoms with Crippen LogP contribution in [0.4, 0.5) is 0 Å². The first-order valence-electron chi connectivity index (χ1n) is 8.45. The van der Waals surface area contributed by atoms with E-state index < -0.39 is 0 Å². The number of aromatic nitrogens is 7. The number of carbonyl (C=O) groups excluding carboxylic acids is 1. The highest BCUT2D eigenvalue weighted by atomic mass is 35.5. The summed E-state index contributed by atoms with van der Waals surface area (Å²) in [5.74, 6) is 0.189. The van der Waals surface area contributed by atoms with E-state index in [1.54, 1.807) is 35.2 Å². The topological polar surface area (TPSA) is 91.4 Å². The standard InChI is InChI=1S/C17H14ClN7O/c1-2-11-7-21-25(8-11)16-14-15(22-17(18)23-16)24(10-20-14)9-13(26)12-5-3-4-6-19-12/h3-8,10H,2,9H2,1H3/i7D. The second kappa shape index (κ2) is 6.64. The lowest BCUT2D eigenvalue weighted by Crippen LogP contribution is -2.12. The molecule has 26 heavy (non-hydrogen) atoms. The summed E-state index contributed by atoms with van der Waals surface area (Å²) in [4.78, 5) is 29.3. The van der Waals surface area contributed by atoms with Gasteiger partial charge in [-0.3, -0.25) is 9.78 Å². The molecule has 4 aromatic rings. The summed E-state index contributed by atoms with van der Waals surface area (Å²) < 4.78 is 11.0. The maximum Gasteiger partial charge on any atom is 0.226 e. The van der Waals surface area contributed by atoms with Gasteiger partial charge < -0.3 is 4.57 Å². The van der Waals surface area contributed by atoms with Crippen LogP contribution in [0.1, 0.15) is 24.3 Å². The second-order valence-corrected chi connectivity index (χ2v) is 5.90. The minimum atomic E-state index is -0.174. The first-order chi connectivity index (χ1) is 13.1. The summed E-state index contributed by atoms with van der Waals surface area (Å²) >= 11 is 6.09. The average molecular weight is 369 g/mol.